The molecular weight excluding hydrogens is 334 g/mol. The second-order valence-corrected chi connectivity index (χ2v) is 7.85. The number of hydrogen-bond donors (Lipinski definition) is 2. The maximum atomic E-state index is 12.9. The molecule has 4 rings (SSSR count). The molecule has 132 valence electrons. The van der Waals surface area contributed by atoms with Crippen molar-refractivity contribution >= 4 is 34.4 Å². The van der Waals surface area contributed by atoms with Crippen molar-refractivity contribution < 1.29 is 4.79 Å². The molecule has 0 bridgehead atoms. The number of aryl methyl sites for hydroxylation is 1. The highest BCUT2D eigenvalue weighted by molar-refractivity contribution is 8.04. The van der Waals surface area contributed by atoms with Gasteiger partial charge in [0.1, 0.15) is 5.65 Å². The van der Waals surface area contributed by atoms with Gasteiger partial charge in [0.25, 0.3) is 5.91 Å². The average molecular weight is 357 g/mol. The number of aromatic amines is 1. The van der Waals surface area contributed by atoms with Crippen LogP contribution in [0.1, 0.15) is 18.4 Å². The zero-order valence-electron chi connectivity index (χ0n) is 14.4. The van der Waals surface area contributed by atoms with Gasteiger partial charge in [-0.15, -0.1) is 11.8 Å². The Kier molecular flexibility index (Phi) is 4.43. The number of carbonyl (C=O) groups excluding carboxylic acids is 1. The number of likely N-dealkylation sites (tertiary alicyclic amines) is 1. The lowest BCUT2D eigenvalue weighted by atomic mass is 10.1. The lowest BCUT2D eigenvalue weighted by Crippen LogP contribution is -2.46. The molecule has 25 heavy (non-hydrogen) atoms. The maximum Gasteiger partial charge on any atom is 0.261 e. The molecule has 2 aliphatic heterocycles. The summed E-state index contributed by atoms with van der Waals surface area (Å²) in [6.07, 6.45) is 7.78. The summed E-state index contributed by atoms with van der Waals surface area (Å²) in [5, 5.41) is 1.12. The summed E-state index contributed by atoms with van der Waals surface area (Å²) in [4.78, 5) is 25.4. The summed E-state index contributed by atoms with van der Waals surface area (Å²) in [5.41, 5.74) is 9.19. The minimum Gasteiger partial charge on any atom is -0.346 e. The topological polar surface area (TPSA) is 78.2 Å². The number of carbonyl (C=O) groups is 1. The number of pyridine rings is 1. The number of nitrogens with one attached hydrogen (secondary N) is 1. The highest BCUT2D eigenvalue weighted by Gasteiger charge is 2.27. The third-order valence-corrected chi connectivity index (χ3v) is 5.85. The van der Waals surface area contributed by atoms with Crippen LogP contribution in [-0.2, 0) is 4.79 Å². The van der Waals surface area contributed by atoms with Crippen LogP contribution >= 0.6 is 11.8 Å². The molecule has 2 aliphatic rings. The smallest absolute Gasteiger partial charge is 0.261 e. The number of amides is 1. The van der Waals surface area contributed by atoms with Crippen LogP contribution in [0.3, 0.4) is 0 Å². The summed E-state index contributed by atoms with van der Waals surface area (Å²) in [5.74, 6) is 1.01. The SMILES string of the molecule is Cc1c[nH]c2nccc(N3C=C(C(=O)N4CCC[C@@H](N)C4)SCC3)c12. The Labute approximate surface area is 151 Å². The molecule has 1 amide bonds. The van der Waals surface area contributed by atoms with Gasteiger partial charge in [0.2, 0.25) is 0 Å². The van der Waals surface area contributed by atoms with Crippen LogP contribution in [-0.4, -0.2) is 52.2 Å². The van der Waals surface area contributed by atoms with Gasteiger partial charge in [0.15, 0.2) is 0 Å². The molecule has 0 aromatic carbocycles. The molecule has 2 aromatic rings. The van der Waals surface area contributed by atoms with E-state index in [2.05, 4.69) is 21.8 Å². The van der Waals surface area contributed by atoms with Crippen molar-refractivity contribution in [2.45, 2.75) is 25.8 Å². The third kappa shape index (κ3) is 3.14. The number of fused-ring (bicyclic) bond motifs is 1. The van der Waals surface area contributed by atoms with E-state index in [1.54, 1.807) is 11.8 Å². The second-order valence-electron chi connectivity index (χ2n) is 6.71. The molecule has 3 N–H and O–H groups in total. The van der Waals surface area contributed by atoms with Crippen LogP contribution in [0.25, 0.3) is 11.0 Å². The first-order valence-corrected chi connectivity index (χ1v) is 9.71. The lowest BCUT2D eigenvalue weighted by Gasteiger charge is -2.33. The molecule has 2 aromatic heterocycles. The lowest BCUT2D eigenvalue weighted by molar-refractivity contribution is -0.127. The number of hydrogen-bond acceptors (Lipinski definition) is 5. The Morgan fingerprint density at radius 2 is 2.32 bits per heavy atom. The molecule has 1 saturated heterocycles. The van der Waals surface area contributed by atoms with Gasteiger partial charge in [0.05, 0.1) is 10.6 Å². The Hall–Kier alpha value is -1.99. The standard InChI is InChI=1S/C18H23N5OS/c1-12-9-21-17-16(12)14(4-5-20-17)22-7-8-25-15(11-22)18(24)23-6-2-3-13(19)10-23/h4-5,9,11,13H,2-3,6-8,10,19H2,1H3,(H,20,21)/t13-/m1/s1. The normalized spacial score (nSPS) is 21.5. The fourth-order valence-corrected chi connectivity index (χ4v) is 4.55. The number of thioether (sulfide) groups is 1. The number of H-pyrrole nitrogens is 1. The molecule has 0 saturated carbocycles. The summed E-state index contributed by atoms with van der Waals surface area (Å²) < 4.78 is 0. The molecule has 7 heteroatoms. The predicted octanol–water partition coefficient (Wildman–Crippen LogP) is 2.22. The van der Waals surface area contributed by atoms with Crippen molar-refractivity contribution in [2.75, 3.05) is 30.3 Å². The van der Waals surface area contributed by atoms with Crippen molar-refractivity contribution in [1.82, 2.24) is 14.9 Å². The Bertz CT molecular complexity index is 830. The molecule has 6 nitrogen and oxygen atoms in total. The highest BCUT2D eigenvalue weighted by Crippen LogP contribution is 2.33. The van der Waals surface area contributed by atoms with Crippen LogP contribution in [0.4, 0.5) is 5.69 Å². The quantitative estimate of drug-likeness (QED) is 0.862. The average Bonchev–Trinajstić information content (AvgIpc) is 3.02. The van der Waals surface area contributed by atoms with Crippen molar-refractivity contribution in [3.05, 3.63) is 35.1 Å². The largest absolute Gasteiger partial charge is 0.346 e. The molecule has 1 fully saturated rings. The van der Waals surface area contributed by atoms with E-state index in [1.165, 1.54) is 5.56 Å². The molecule has 0 aliphatic carbocycles. The Balaban J connectivity index is 1.64. The zero-order chi connectivity index (χ0) is 17.4. The van der Waals surface area contributed by atoms with Gasteiger partial charge in [-0.3, -0.25) is 4.79 Å². The fourth-order valence-electron chi connectivity index (χ4n) is 3.59. The minimum absolute atomic E-state index is 0.102. The number of rotatable bonds is 2. The number of piperidine rings is 1. The molecule has 0 spiro atoms. The van der Waals surface area contributed by atoms with Gasteiger partial charge in [0, 0.05) is 55.4 Å². The Morgan fingerprint density at radius 1 is 1.44 bits per heavy atom. The second kappa shape index (κ2) is 6.72. The predicted molar refractivity (Wildman–Crippen MR) is 103 cm³/mol. The molecule has 1 atom stereocenters. The van der Waals surface area contributed by atoms with Crippen LogP contribution in [0.15, 0.2) is 29.6 Å². The van der Waals surface area contributed by atoms with E-state index < -0.39 is 0 Å². The zero-order valence-corrected chi connectivity index (χ0v) is 15.2. The van der Waals surface area contributed by atoms with E-state index in [0.29, 0.717) is 6.54 Å². The van der Waals surface area contributed by atoms with Gasteiger partial charge in [-0.25, -0.2) is 4.98 Å². The Morgan fingerprint density at radius 3 is 3.16 bits per heavy atom. The van der Waals surface area contributed by atoms with Crippen molar-refractivity contribution in [2.24, 2.45) is 5.73 Å². The number of nitrogens with two attached hydrogens (primary N) is 1. The third-order valence-electron chi connectivity index (χ3n) is 4.88. The van der Waals surface area contributed by atoms with Crippen LogP contribution in [0.2, 0.25) is 0 Å². The first-order valence-electron chi connectivity index (χ1n) is 8.72. The highest BCUT2D eigenvalue weighted by atomic mass is 32.2. The monoisotopic (exact) mass is 357 g/mol. The maximum absolute atomic E-state index is 12.9. The van der Waals surface area contributed by atoms with Gasteiger partial charge in [-0.1, -0.05) is 0 Å². The molecular formula is C18H23N5OS. The number of nitrogens with zero attached hydrogens (tertiary/aromatic N) is 3. The summed E-state index contributed by atoms with van der Waals surface area (Å²) in [6, 6.07) is 2.12. The van der Waals surface area contributed by atoms with E-state index in [0.717, 1.165) is 53.3 Å². The van der Waals surface area contributed by atoms with E-state index in [9.17, 15) is 4.79 Å². The first-order chi connectivity index (χ1) is 12.1. The molecule has 4 heterocycles. The van der Waals surface area contributed by atoms with E-state index in [1.807, 2.05) is 29.6 Å². The van der Waals surface area contributed by atoms with Gasteiger partial charge in [-0.2, -0.15) is 0 Å². The van der Waals surface area contributed by atoms with Crippen LogP contribution in [0.5, 0.6) is 0 Å². The van der Waals surface area contributed by atoms with Gasteiger partial charge in [-0.05, 0) is 31.4 Å². The van der Waals surface area contributed by atoms with E-state index >= 15 is 0 Å². The van der Waals surface area contributed by atoms with Crippen LogP contribution in [0, 0.1) is 6.92 Å². The van der Waals surface area contributed by atoms with Crippen molar-refractivity contribution in [1.29, 1.82) is 0 Å². The molecule has 0 unspecified atom stereocenters. The minimum atomic E-state index is 0.102. The first kappa shape index (κ1) is 16.5. The number of anilines is 1. The van der Waals surface area contributed by atoms with Crippen LogP contribution < -0.4 is 10.6 Å². The number of aromatic nitrogens is 2. The van der Waals surface area contributed by atoms with E-state index in [4.69, 9.17) is 5.73 Å². The molecule has 0 radical (unpaired) electrons. The van der Waals surface area contributed by atoms with Crippen molar-refractivity contribution in [3.8, 4) is 0 Å². The summed E-state index contributed by atoms with van der Waals surface area (Å²) in [7, 11) is 0. The summed E-state index contributed by atoms with van der Waals surface area (Å²) >= 11 is 1.64. The fraction of sp³-hybridized carbons (Fsp3) is 0.444. The van der Waals surface area contributed by atoms with Gasteiger partial charge < -0.3 is 20.5 Å². The van der Waals surface area contributed by atoms with Crippen molar-refractivity contribution in [3.63, 3.8) is 0 Å². The van der Waals surface area contributed by atoms with E-state index in [-0.39, 0.29) is 11.9 Å². The summed E-state index contributed by atoms with van der Waals surface area (Å²) in [6.45, 7) is 4.42. The van der Waals surface area contributed by atoms with Gasteiger partial charge >= 0.3 is 0 Å².